The fourth-order valence-corrected chi connectivity index (χ4v) is 9.91. The Morgan fingerprint density at radius 1 is 0.692 bits per heavy atom. The molecule has 0 bridgehead atoms. The normalized spacial score (nSPS) is 12.1. The summed E-state index contributed by atoms with van der Waals surface area (Å²) in [4.78, 5) is 9.29. The number of hydrogen-bond donors (Lipinski definition) is 0. The maximum Gasteiger partial charge on any atom is 0 e. The largest absolute Gasteiger partial charge is 0 e. The predicted octanol–water partition coefficient (Wildman–Crippen LogP) is 12.7. The molecule has 9 rings (SSSR count). The minimum Gasteiger partial charge on any atom is 0 e. The van der Waals surface area contributed by atoms with Gasteiger partial charge in [0.05, 0.1) is 0 Å². The van der Waals surface area contributed by atoms with E-state index in [0.29, 0.717) is 0 Å². The van der Waals surface area contributed by atoms with E-state index in [1.54, 1.807) is 17.5 Å². The summed E-state index contributed by atoms with van der Waals surface area (Å²) >= 11 is -0.0472. The van der Waals surface area contributed by atoms with Crippen molar-refractivity contribution in [2.45, 2.75) is 37.0 Å². The van der Waals surface area contributed by atoms with Gasteiger partial charge >= 0.3 is 138 Å². The molecule has 0 aliphatic rings. The molecular weight excluding hydrogens is 893 g/mol. The van der Waals surface area contributed by atoms with Crippen molar-refractivity contribution >= 4 is 71.1 Å². The third-order valence-corrected chi connectivity index (χ3v) is 14.8. The van der Waals surface area contributed by atoms with Crippen molar-refractivity contribution in [1.82, 2.24) is 9.97 Å². The number of aromatic nitrogens is 2. The maximum absolute atomic E-state index is 8.35. The quantitative estimate of drug-likeness (QED) is 0.127. The Bertz CT molecular complexity index is 2710. The Labute approximate surface area is 326 Å². The molecule has 0 atom stereocenters. The first-order valence-corrected chi connectivity index (χ1v) is 25.4. The van der Waals surface area contributed by atoms with E-state index in [1.807, 2.05) is 68.6 Å². The van der Waals surface area contributed by atoms with Gasteiger partial charge in [0.1, 0.15) is 0 Å². The van der Waals surface area contributed by atoms with Crippen LogP contribution in [0.4, 0.5) is 0 Å². The van der Waals surface area contributed by atoms with Crippen molar-refractivity contribution in [3.63, 3.8) is 0 Å². The van der Waals surface area contributed by atoms with E-state index in [2.05, 4.69) is 107 Å². The maximum atomic E-state index is 8.35. The molecule has 1 radical (unpaired) electrons. The van der Waals surface area contributed by atoms with Crippen molar-refractivity contribution in [3.05, 3.63) is 151 Å². The number of hydrogen-bond acceptors (Lipinski definition) is 4. The molecule has 0 saturated carbocycles. The molecular formula is C46H38GeIrN2OS-2. The Morgan fingerprint density at radius 2 is 1.44 bits per heavy atom. The van der Waals surface area contributed by atoms with Crippen LogP contribution in [0.3, 0.4) is 0 Å². The summed E-state index contributed by atoms with van der Waals surface area (Å²) in [6.07, 6.45) is 3.83. The fourth-order valence-electron chi connectivity index (χ4n) is 6.49. The van der Waals surface area contributed by atoms with E-state index in [-0.39, 0.29) is 20.1 Å². The van der Waals surface area contributed by atoms with Gasteiger partial charge in [-0.15, -0.1) is 23.8 Å². The number of rotatable bonds is 5. The Balaban J connectivity index is 0.000000165. The van der Waals surface area contributed by atoms with Crippen molar-refractivity contribution < 1.29 is 25.9 Å². The summed E-state index contributed by atoms with van der Waals surface area (Å²) in [6, 6.07) is 48.4. The van der Waals surface area contributed by atoms with Gasteiger partial charge in [0, 0.05) is 32.4 Å². The van der Waals surface area contributed by atoms with Crippen molar-refractivity contribution in [2.75, 3.05) is 0 Å². The van der Waals surface area contributed by atoms with Gasteiger partial charge in [-0.05, 0) is 44.9 Å². The number of fused-ring (bicyclic) bond motifs is 6. The zero-order chi connectivity index (χ0) is 36.0. The van der Waals surface area contributed by atoms with Gasteiger partial charge in [-0.1, -0.05) is 73.3 Å². The Morgan fingerprint density at radius 3 is 2.19 bits per heavy atom. The molecule has 0 unspecified atom stereocenters. The van der Waals surface area contributed by atoms with Gasteiger partial charge in [-0.25, -0.2) is 0 Å². The van der Waals surface area contributed by atoms with Crippen molar-refractivity contribution in [2.24, 2.45) is 0 Å². The SMILES string of the molecule is [2H]C(C)(C)c1ccnc(-c2[c-]ccc3c2sc2cc(-c4ccccc4)ccc23)c1.[CH3][Ge]([CH3])([CH3])[c]1ccc(-c2[c-]ccc3c2oc2ccccc23)nc1.[Ir]. The molecule has 4 aromatic heterocycles. The number of nitrogens with zero attached hydrogens (tertiary/aromatic N) is 2. The molecule has 5 aromatic carbocycles. The molecule has 0 amide bonds. The van der Waals surface area contributed by atoms with Crippen LogP contribution in [0, 0.1) is 12.1 Å². The zero-order valence-corrected chi connectivity index (χ0v) is 35.1. The molecule has 0 N–H and O–H groups in total. The number of para-hydroxylation sites is 1. The summed E-state index contributed by atoms with van der Waals surface area (Å²) in [5.41, 5.74) is 8.93. The number of pyridine rings is 2. The van der Waals surface area contributed by atoms with Crippen LogP contribution in [0.2, 0.25) is 17.3 Å². The predicted molar refractivity (Wildman–Crippen MR) is 220 cm³/mol. The number of thiophene rings is 1. The van der Waals surface area contributed by atoms with Crippen LogP contribution in [-0.2, 0) is 20.1 Å². The Kier molecular flexibility index (Phi) is 9.95. The second-order valence-corrected chi connectivity index (χ2v) is 25.8. The fraction of sp³-hybridized carbons (Fsp3) is 0.130. The molecule has 0 aliphatic carbocycles. The second kappa shape index (κ2) is 14.9. The minimum atomic E-state index is -1.83. The van der Waals surface area contributed by atoms with Crippen LogP contribution in [0.25, 0.3) is 75.8 Å². The first-order chi connectivity index (χ1) is 25.0. The molecule has 0 fully saturated rings. The Hall–Kier alpha value is -4.39. The third kappa shape index (κ3) is 7.03. The molecule has 52 heavy (non-hydrogen) atoms. The monoisotopic (exact) mass is 934 g/mol. The summed E-state index contributed by atoms with van der Waals surface area (Å²) in [5.74, 6) is 6.48. The summed E-state index contributed by atoms with van der Waals surface area (Å²) in [7, 11) is 0. The van der Waals surface area contributed by atoms with Gasteiger partial charge in [-0.2, -0.15) is 11.3 Å². The number of benzene rings is 5. The second-order valence-electron chi connectivity index (χ2n) is 14.1. The van der Waals surface area contributed by atoms with Crippen LogP contribution < -0.4 is 4.40 Å². The third-order valence-electron chi connectivity index (χ3n) is 9.36. The average Bonchev–Trinajstić information content (AvgIpc) is 3.73. The van der Waals surface area contributed by atoms with Gasteiger partial charge in [0.2, 0.25) is 0 Å². The van der Waals surface area contributed by atoms with Crippen LogP contribution in [0.1, 0.15) is 26.7 Å². The van der Waals surface area contributed by atoms with Gasteiger partial charge in [0.25, 0.3) is 0 Å². The van der Waals surface area contributed by atoms with E-state index in [9.17, 15) is 0 Å². The number of furan rings is 1. The molecule has 0 spiro atoms. The summed E-state index contributed by atoms with van der Waals surface area (Å²) in [6.45, 7) is 3.81. The zero-order valence-electron chi connectivity index (χ0n) is 30.7. The van der Waals surface area contributed by atoms with Crippen LogP contribution in [0.5, 0.6) is 0 Å². The van der Waals surface area contributed by atoms with E-state index in [0.717, 1.165) is 50.0 Å². The molecule has 0 aliphatic heterocycles. The van der Waals surface area contributed by atoms with E-state index in [4.69, 9.17) is 10.8 Å². The first-order valence-electron chi connectivity index (χ1n) is 17.7. The van der Waals surface area contributed by atoms with Crippen molar-refractivity contribution in [1.29, 1.82) is 0 Å². The molecule has 9 aromatic rings. The van der Waals surface area contributed by atoms with E-state index in [1.165, 1.54) is 35.7 Å². The minimum absolute atomic E-state index is 0. The van der Waals surface area contributed by atoms with Crippen LogP contribution in [-0.4, -0.2) is 23.2 Å². The van der Waals surface area contributed by atoms with Crippen LogP contribution in [0.15, 0.2) is 138 Å². The van der Waals surface area contributed by atoms with Gasteiger partial charge < -0.3 is 4.98 Å². The van der Waals surface area contributed by atoms with E-state index >= 15 is 0 Å². The van der Waals surface area contributed by atoms with Crippen LogP contribution >= 0.6 is 11.3 Å². The average molecular weight is 933 g/mol. The topological polar surface area (TPSA) is 38.9 Å². The smallest absolute Gasteiger partial charge is 0 e. The van der Waals surface area contributed by atoms with E-state index < -0.39 is 19.2 Å². The standard InChI is InChI=1S/C26H20NS.C20H18GeNO.Ir/c1-17(2)19-13-14-27-24(15-19)23-10-6-9-22-21-12-11-20(16-25(21)28-26(22)23)18-7-4-3-5-8-18;1-21(2,3)14-11-12-18(22-13-14)17-9-6-8-16-15-7-4-5-10-19(15)23-20(16)17;/h3-9,11-17H,1-2H3;4-8,10-13H,1-3H3;/q2*-1;/i17D;;. The van der Waals surface area contributed by atoms with Gasteiger partial charge in [-0.3, -0.25) is 0 Å². The molecule has 259 valence electrons. The summed E-state index contributed by atoms with van der Waals surface area (Å²) in [5, 5.41) is 4.75. The molecule has 6 heteroatoms. The molecule has 0 saturated heterocycles. The molecule has 3 nitrogen and oxygen atoms in total. The molecule has 4 heterocycles. The van der Waals surface area contributed by atoms with Crippen molar-refractivity contribution in [3.8, 4) is 33.6 Å². The summed E-state index contributed by atoms with van der Waals surface area (Å²) < 4.78 is 18.3. The van der Waals surface area contributed by atoms with Gasteiger partial charge in [0.15, 0.2) is 0 Å². The first kappa shape index (κ1) is 34.7.